The summed E-state index contributed by atoms with van der Waals surface area (Å²) in [6.07, 6.45) is 32.0. The Morgan fingerprint density at radius 2 is 0.818 bits per heavy atom. The van der Waals surface area contributed by atoms with Crippen LogP contribution in [0.2, 0.25) is 0 Å². The van der Waals surface area contributed by atoms with Gasteiger partial charge in [-0.15, -0.1) is 0 Å². The van der Waals surface area contributed by atoms with Gasteiger partial charge in [-0.3, -0.25) is 0 Å². The highest BCUT2D eigenvalue weighted by molar-refractivity contribution is 5.33. The highest BCUT2D eigenvalue weighted by Gasteiger charge is 2.36. The minimum absolute atomic E-state index is 0.0724. The maximum Gasteiger partial charge on any atom is 0.336 e. The van der Waals surface area contributed by atoms with Gasteiger partial charge >= 0.3 is 17.1 Å². The number of hydrogen-bond acceptors (Lipinski definition) is 7. The van der Waals surface area contributed by atoms with E-state index in [4.69, 9.17) is 10.00 Å². The summed E-state index contributed by atoms with van der Waals surface area (Å²) in [7, 11) is 0. The molecule has 6 aliphatic rings. The van der Waals surface area contributed by atoms with Gasteiger partial charge in [-0.25, -0.2) is 37.9 Å². The van der Waals surface area contributed by atoms with Crippen LogP contribution in [0.15, 0.2) is 19.4 Å². The number of rotatable bonds is 11. The maximum atomic E-state index is 14.5. The number of nitriles is 1. The quantitative estimate of drug-likeness (QED) is 0.126. The zero-order chi connectivity index (χ0) is 38.3. The van der Waals surface area contributed by atoms with Crippen LogP contribution < -0.4 is 17.1 Å². The van der Waals surface area contributed by atoms with E-state index in [1.807, 2.05) is 6.26 Å². The first-order valence-electron chi connectivity index (χ1n) is 22.9. The average Bonchev–Trinajstić information content (AvgIpc) is 3.19. The van der Waals surface area contributed by atoms with Crippen molar-refractivity contribution in [3.05, 3.63) is 31.5 Å². The van der Waals surface area contributed by atoms with E-state index in [2.05, 4.69) is 11.9 Å². The summed E-state index contributed by atoms with van der Waals surface area (Å²) in [5.41, 5.74) is -1.06. The molecule has 6 aliphatic carbocycles. The second-order valence-electron chi connectivity index (χ2n) is 19.6. The van der Waals surface area contributed by atoms with Crippen molar-refractivity contribution >= 4 is 6.08 Å². The smallest absolute Gasteiger partial charge is 0.336 e. The fourth-order valence-corrected chi connectivity index (χ4v) is 12.6. The van der Waals surface area contributed by atoms with Crippen LogP contribution in [0.25, 0.3) is 0 Å². The maximum absolute atomic E-state index is 14.5. The van der Waals surface area contributed by atoms with Crippen LogP contribution in [-0.4, -0.2) is 31.9 Å². The average molecular weight is 760 g/mol. The molecule has 0 saturated heterocycles. The molecule has 0 aliphatic heterocycles. The van der Waals surface area contributed by atoms with Crippen LogP contribution in [0.3, 0.4) is 0 Å². The van der Waals surface area contributed by atoms with Crippen LogP contribution in [0.5, 0.6) is 0 Å². The molecule has 0 unspecified atom stereocenters. The molecule has 7 rings (SSSR count). The molecular weight excluding hydrogens is 691 g/mol. The van der Waals surface area contributed by atoms with Gasteiger partial charge in [0.15, 0.2) is 0 Å². The molecule has 10 nitrogen and oxygen atoms in total. The van der Waals surface area contributed by atoms with E-state index in [0.717, 1.165) is 140 Å². The molecule has 6 fully saturated rings. The molecule has 0 aromatic carbocycles. The van der Waals surface area contributed by atoms with Crippen LogP contribution in [0, 0.1) is 52.9 Å². The summed E-state index contributed by atoms with van der Waals surface area (Å²) in [5.74, 6) is 4.83. The minimum atomic E-state index is -0.358. The molecule has 10 heteroatoms. The Kier molecular flexibility index (Phi) is 13.9. The first-order valence-corrected chi connectivity index (χ1v) is 22.9. The number of ether oxygens (including phenoxy) is 1. The predicted octanol–water partition coefficient (Wildman–Crippen LogP) is 9.31. The van der Waals surface area contributed by atoms with Gasteiger partial charge in [-0.05, 0) is 189 Å². The zero-order valence-corrected chi connectivity index (χ0v) is 33.8. The summed E-state index contributed by atoms with van der Waals surface area (Å²) < 4.78 is 9.90. The predicted molar refractivity (Wildman–Crippen MR) is 213 cm³/mol. The van der Waals surface area contributed by atoms with Gasteiger partial charge in [0, 0.05) is 18.1 Å². The van der Waals surface area contributed by atoms with Gasteiger partial charge in [0.1, 0.15) is 6.10 Å². The zero-order valence-electron chi connectivity index (χ0n) is 33.8. The van der Waals surface area contributed by atoms with Crippen molar-refractivity contribution in [2.45, 2.75) is 211 Å². The summed E-state index contributed by atoms with van der Waals surface area (Å²) >= 11 is 0. The van der Waals surface area contributed by atoms with Crippen molar-refractivity contribution < 1.29 is 9.53 Å². The largest absolute Gasteiger partial charge is 0.424 e. The fourth-order valence-electron chi connectivity index (χ4n) is 12.6. The van der Waals surface area contributed by atoms with Crippen LogP contribution in [-0.2, 0) is 9.53 Å². The first kappa shape index (κ1) is 40.3. The van der Waals surface area contributed by atoms with Crippen LogP contribution in [0.1, 0.15) is 198 Å². The van der Waals surface area contributed by atoms with Gasteiger partial charge in [-0.2, -0.15) is 5.26 Å². The van der Waals surface area contributed by atoms with Gasteiger partial charge in [0.2, 0.25) is 6.08 Å². The minimum Gasteiger partial charge on any atom is -0.424 e. The van der Waals surface area contributed by atoms with Crippen molar-refractivity contribution in [2.24, 2.45) is 46.4 Å². The Hall–Kier alpha value is -2.92. The normalized spacial score (nSPS) is 37.3. The van der Waals surface area contributed by atoms with E-state index in [1.54, 1.807) is 19.8 Å². The Balaban J connectivity index is 1.04. The third-order valence-corrected chi connectivity index (χ3v) is 16.0. The molecule has 1 heterocycles. The molecule has 0 amide bonds. The van der Waals surface area contributed by atoms with E-state index in [0.29, 0.717) is 29.6 Å². The SMILES string of the molecule is CC1CCC(CC2CCC(n3c(=O)n(C4CCC(CC5CCC(N=C=O)CC5)CC4)c(=O)n(C4CCC(CC5CCC(OC#N)CC5)CC4)c3=O)CC2)CC1. The van der Waals surface area contributed by atoms with Crippen molar-refractivity contribution in [3.63, 3.8) is 0 Å². The Bertz CT molecular complexity index is 1650. The molecule has 1 aromatic heterocycles. The van der Waals surface area contributed by atoms with E-state index in [-0.39, 0.29) is 47.3 Å². The number of aromatic nitrogens is 3. The number of isocyanates is 1. The van der Waals surface area contributed by atoms with Crippen LogP contribution >= 0.6 is 0 Å². The Morgan fingerprint density at radius 3 is 1.15 bits per heavy atom. The van der Waals surface area contributed by atoms with Gasteiger partial charge in [-0.1, -0.05) is 32.6 Å². The van der Waals surface area contributed by atoms with Crippen molar-refractivity contribution in [1.82, 2.24) is 13.7 Å². The third kappa shape index (κ3) is 9.97. The van der Waals surface area contributed by atoms with Crippen molar-refractivity contribution in [3.8, 4) is 6.26 Å². The lowest BCUT2D eigenvalue weighted by molar-refractivity contribution is 0.0902. The highest BCUT2D eigenvalue weighted by atomic mass is 16.5. The monoisotopic (exact) mass is 760 g/mol. The number of aliphatic imine (C=N–C) groups is 1. The number of nitrogens with zero attached hydrogens (tertiary/aromatic N) is 5. The fraction of sp³-hybridized carbons (Fsp3) is 0.889. The standard InChI is InChI=1S/C45H69N5O5/c1-31-2-4-32(5-3-31)26-34-8-18-39(19-9-34)48-43(52)49(40-20-10-35(11-21-40)27-33-6-16-38(17-7-33)47-30-51)45(54)50(44(48)53)41-22-12-36(13-23-41)28-37-14-24-42(25-15-37)55-29-46/h31-42H,2-28H2,1H3. The summed E-state index contributed by atoms with van der Waals surface area (Å²) in [5, 5.41) is 8.91. The molecule has 1 aromatic rings. The lowest BCUT2D eigenvalue weighted by Crippen LogP contribution is -2.58. The van der Waals surface area contributed by atoms with Crippen molar-refractivity contribution in [2.75, 3.05) is 0 Å². The van der Waals surface area contributed by atoms with Gasteiger partial charge in [0.25, 0.3) is 6.26 Å². The van der Waals surface area contributed by atoms with Crippen molar-refractivity contribution in [1.29, 1.82) is 5.26 Å². The first-order chi connectivity index (χ1) is 26.8. The molecule has 0 N–H and O–H groups in total. The Labute approximate surface area is 328 Å². The number of hydrogen-bond donors (Lipinski definition) is 0. The highest BCUT2D eigenvalue weighted by Crippen LogP contribution is 2.42. The van der Waals surface area contributed by atoms with E-state index >= 15 is 0 Å². The molecule has 0 bridgehead atoms. The molecular formula is C45H69N5O5. The van der Waals surface area contributed by atoms with Gasteiger partial charge < -0.3 is 4.74 Å². The summed E-state index contributed by atoms with van der Waals surface area (Å²) in [4.78, 5) is 58.3. The van der Waals surface area contributed by atoms with E-state index < -0.39 is 0 Å². The van der Waals surface area contributed by atoms with Gasteiger partial charge in [0.05, 0.1) is 6.04 Å². The molecule has 0 spiro atoms. The molecule has 55 heavy (non-hydrogen) atoms. The molecule has 0 atom stereocenters. The van der Waals surface area contributed by atoms with E-state index in [1.165, 1.54) is 44.9 Å². The van der Waals surface area contributed by atoms with E-state index in [9.17, 15) is 19.2 Å². The molecule has 0 radical (unpaired) electrons. The molecule has 6 saturated carbocycles. The molecule has 304 valence electrons. The number of carbonyl (C=O) groups excluding carboxylic acids is 1. The lowest BCUT2D eigenvalue weighted by atomic mass is 9.74. The third-order valence-electron chi connectivity index (χ3n) is 16.0. The lowest BCUT2D eigenvalue weighted by Gasteiger charge is -2.36. The topological polar surface area (TPSA) is 128 Å². The Morgan fingerprint density at radius 1 is 0.509 bits per heavy atom. The summed E-state index contributed by atoms with van der Waals surface area (Å²) in [6.45, 7) is 2.38. The second-order valence-corrected chi connectivity index (χ2v) is 19.6. The second kappa shape index (κ2) is 19.0. The summed E-state index contributed by atoms with van der Waals surface area (Å²) in [6, 6.07) is -0.314. The van der Waals surface area contributed by atoms with Crippen LogP contribution in [0.4, 0.5) is 0 Å².